The summed E-state index contributed by atoms with van der Waals surface area (Å²) in [6.07, 6.45) is 0.892. The predicted molar refractivity (Wildman–Crippen MR) is 119 cm³/mol. The van der Waals surface area contributed by atoms with Gasteiger partial charge in [0.05, 0.1) is 18.9 Å². The molecule has 0 fully saturated rings. The lowest BCUT2D eigenvalue weighted by molar-refractivity contribution is -0.00799. The van der Waals surface area contributed by atoms with Gasteiger partial charge in [-0.3, -0.25) is 0 Å². The first kappa shape index (κ1) is 20.1. The summed E-state index contributed by atoms with van der Waals surface area (Å²) in [6, 6.07) is 30.1. The Balaban J connectivity index is 1.57. The van der Waals surface area contributed by atoms with Crippen LogP contribution in [-0.2, 0) is 15.9 Å². The standard InChI is InChI=1S/C26H24NO3/c1-28-15-16-29-19-30-25-12-6-10-22-13-14-24(27-26(22)25)23-11-5-9-21(18-23)17-20-7-3-2-4-8-20/h2-11,13-14,18H,15-17,19H2,1H3. The zero-order valence-electron chi connectivity index (χ0n) is 17.0. The van der Waals surface area contributed by atoms with Gasteiger partial charge in [0.1, 0.15) is 5.52 Å². The zero-order valence-corrected chi connectivity index (χ0v) is 17.0. The average Bonchev–Trinajstić information content (AvgIpc) is 2.79. The number of methoxy groups -OCH3 is 1. The molecule has 0 spiro atoms. The molecule has 4 nitrogen and oxygen atoms in total. The molecule has 4 heteroatoms. The molecule has 0 unspecified atom stereocenters. The molecule has 151 valence electrons. The number of fused-ring (bicyclic) bond motifs is 1. The fraction of sp³-hybridized carbons (Fsp3) is 0.192. The van der Waals surface area contributed by atoms with Crippen LogP contribution >= 0.6 is 0 Å². The Bertz CT molecular complexity index is 1100. The van der Waals surface area contributed by atoms with Crippen molar-refractivity contribution in [2.75, 3.05) is 27.1 Å². The molecule has 1 heterocycles. The highest BCUT2D eigenvalue weighted by atomic mass is 16.7. The summed E-state index contributed by atoms with van der Waals surface area (Å²) >= 11 is 0. The average molecular weight is 398 g/mol. The Kier molecular flexibility index (Phi) is 6.70. The highest BCUT2D eigenvalue weighted by molar-refractivity contribution is 5.86. The van der Waals surface area contributed by atoms with Gasteiger partial charge in [0.15, 0.2) is 12.5 Å². The van der Waals surface area contributed by atoms with E-state index in [4.69, 9.17) is 19.2 Å². The van der Waals surface area contributed by atoms with Crippen LogP contribution in [0.2, 0.25) is 0 Å². The van der Waals surface area contributed by atoms with Crippen molar-refractivity contribution in [2.45, 2.75) is 6.42 Å². The molecule has 1 radical (unpaired) electrons. The third kappa shape index (κ3) is 5.03. The van der Waals surface area contributed by atoms with E-state index in [2.05, 4.69) is 60.7 Å². The van der Waals surface area contributed by atoms with Gasteiger partial charge in [-0.2, -0.15) is 0 Å². The van der Waals surface area contributed by atoms with E-state index < -0.39 is 0 Å². The van der Waals surface area contributed by atoms with Gasteiger partial charge >= 0.3 is 0 Å². The number of rotatable bonds is 9. The minimum absolute atomic E-state index is 0.136. The van der Waals surface area contributed by atoms with Crippen molar-refractivity contribution in [1.82, 2.24) is 4.98 Å². The number of aromatic nitrogens is 1. The van der Waals surface area contributed by atoms with Crippen molar-refractivity contribution >= 4 is 10.9 Å². The molecular formula is C26H24NO3. The van der Waals surface area contributed by atoms with Crippen molar-refractivity contribution in [1.29, 1.82) is 0 Å². The van der Waals surface area contributed by atoms with Gasteiger partial charge in [-0.15, -0.1) is 0 Å². The zero-order chi connectivity index (χ0) is 20.6. The maximum atomic E-state index is 5.76. The molecule has 0 amide bonds. The van der Waals surface area contributed by atoms with Crippen LogP contribution < -0.4 is 4.74 Å². The lowest BCUT2D eigenvalue weighted by atomic mass is 10.0. The molecule has 0 atom stereocenters. The highest BCUT2D eigenvalue weighted by Gasteiger charge is 2.08. The molecule has 0 saturated carbocycles. The third-order valence-corrected chi connectivity index (χ3v) is 4.81. The Hall–Kier alpha value is -3.21. The number of ether oxygens (including phenoxy) is 3. The maximum Gasteiger partial charge on any atom is 0.189 e. The van der Waals surface area contributed by atoms with Crippen LogP contribution in [0.15, 0.2) is 78.9 Å². The van der Waals surface area contributed by atoms with E-state index >= 15 is 0 Å². The largest absolute Gasteiger partial charge is 0.465 e. The van der Waals surface area contributed by atoms with Crippen LogP contribution in [0.4, 0.5) is 0 Å². The SMILES string of the molecule is COCCOCOc1[c]ccc2ccc(-c3cccc(Cc4ccccc4)c3)nc12. The first-order valence-corrected chi connectivity index (χ1v) is 9.97. The molecule has 4 rings (SSSR count). The van der Waals surface area contributed by atoms with E-state index in [1.807, 2.05) is 24.3 Å². The summed E-state index contributed by atoms with van der Waals surface area (Å²) in [4.78, 5) is 4.87. The fourth-order valence-electron chi connectivity index (χ4n) is 3.31. The third-order valence-electron chi connectivity index (χ3n) is 4.81. The lowest BCUT2D eigenvalue weighted by Gasteiger charge is -2.11. The van der Waals surface area contributed by atoms with Crippen molar-refractivity contribution in [3.63, 3.8) is 0 Å². The van der Waals surface area contributed by atoms with Crippen LogP contribution in [0.25, 0.3) is 22.2 Å². The van der Waals surface area contributed by atoms with Gasteiger partial charge < -0.3 is 14.2 Å². The number of benzene rings is 3. The second-order valence-corrected chi connectivity index (χ2v) is 6.97. The number of pyridine rings is 1. The first-order valence-electron chi connectivity index (χ1n) is 9.97. The molecule has 3 aromatic carbocycles. The first-order chi connectivity index (χ1) is 14.8. The summed E-state index contributed by atoms with van der Waals surface area (Å²) < 4.78 is 16.2. The normalized spacial score (nSPS) is 11.0. The van der Waals surface area contributed by atoms with E-state index in [-0.39, 0.29) is 6.79 Å². The Morgan fingerprint density at radius 3 is 2.60 bits per heavy atom. The Labute approximate surface area is 177 Å². The maximum absolute atomic E-state index is 5.76. The summed E-state index contributed by atoms with van der Waals surface area (Å²) in [5.74, 6) is 0.590. The molecule has 4 aromatic rings. The van der Waals surface area contributed by atoms with Crippen molar-refractivity contribution < 1.29 is 14.2 Å². The molecule has 1 aromatic heterocycles. The second kappa shape index (κ2) is 10.0. The molecule has 0 N–H and O–H groups in total. The summed E-state index contributed by atoms with van der Waals surface area (Å²) in [5.41, 5.74) is 5.31. The summed E-state index contributed by atoms with van der Waals surface area (Å²) in [6.45, 7) is 1.15. The second-order valence-electron chi connectivity index (χ2n) is 6.97. The molecule has 30 heavy (non-hydrogen) atoms. The monoisotopic (exact) mass is 398 g/mol. The highest BCUT2D eigenvalue weighted by Crippen LogP contribution is 2.28. The van der Waals surface area contributed by atoms with Gasteiger partial charge in [-0.05, 0) is 35.7 Å². The van der Waals surface area contributed by atoms with E-state index in [9.17, 15) is 0 Å². The van der Waals surface area contributed by atoms with Crippen LogP contribution in [0.5, 0.6) is 5.75 Å². The van der Waals surface area contributed by atoms with Gasteiger partial charge in [0.2, 0.25) is 0 Å². The summed E-state index contributed by atoms with van der Waals surface area (Å²) in [7, 11) is 1.64. The van der Waals surface area contributed by atoms with Crippen LogP contribution in [-0.4, -0.2) is 32.1 Å². The van der Waals surface area contributed by atoms with Crippen molar-refractivity contribution in [3.05, 3.63) is 96.1 Å². The molecule has 0 bridgehead atoms. The molecule has 0 aliphatic carbocycles. The Morgan fingerprint density at radius 2 is 1.73 bits per heavy atom. The van der Waals surface area contributed by atoms with E-state index in [0.717, 1.165) is 28.6 Å². The number of hydrogen-bond acceptors (Lipinski definition) is 4. The van der Waals surface area contributed by atoms with Crippen LogP contribution in [0, 0.1) is 6.07 Å². The lowest BCUT2D eigenvalue weighted by Crippen LogP contribution is -2.08. The summed E-state index contributed by atoms with van der Waals surface area (Å²) in [5, 5.41) is 1.00. The minimum atomic E-state index is 0.136. The van der Waals surface area contributed by atoms with Crippen molar-refractivity contribution in [2.24, 2.45) is 0 Å². The van der Waals surface area contributed by atoms with Crippen LogP contribution in [0.1, 0.15) is 11.1 Å². The molecule has 0 aliphatic heterocycles. The van der Waals surface area contributed by atoms with Gasteiger partial charge in [-0.1, -0.05) is 60.7 Å². The van der Waals surface area contributed by atoms with E-state index in [0.29, 0.717) is 19.0 Å². The van der Waals surface area contributed by atoms with Crippen molar-refractivity contribution in [3.8, 4) is 17.0 Å². The number of nitrogens with zero attached hydrogens (tertiary/aromatic N) is 1. The molecule has 0 aliphatic rings. The predicted octanol–water partition coefficient (Wildman–Crippen LogP) is 5.29. The fourth-order valence-corrected chi connectivity index (χ4v) is 3.31. The van der Waals surface area contributed by atoms with Gasteiger partial charge in [0.25, 0.3) is 0 Å². The Morgan fingerprint density at radius 1 is 0.867 bits per heavy atom. The molecule has 0 saturated heterocycles. The smallest absolute Gasteiger partial charge is 0.189 e. The van der Waals surface area contributed by atoms with Crippen LogP contribution in [0.3, 0.4) is 0 Å². The van der Waals surface area contributed by atoms with E-state index in [1.54, 1.807) is 7.11 Å². The number of hydrogen-bond donors (Lipinski definition) is 0. The topological polar surface area (TPSA) is 40.6 Å². The quantitative estimate of drug-likeness (QED) is 0.284. The molecular weight excluding hydrogens is 374 g/mol. The van der Waals surface area contributed by atoms with E-state index in [1.165, 1.54) is 11.1 Å². The van der Waals surface area contributed by atoms with Gasteiger partial charge in [0, 0.05) is 24.1 Å². The van der Waals surface area contributed by atoms with Gasteiger partial charge in [-0.25, -0.2) is 4.98 Å². The minimum Gasteiger partial charge on any atom is -0.465 e.